The fourth-order valence-electron chi connectivity index (χ4n) is 3.54. The maximum absolute atomic E-state index is 12.8. The van der Waals surface area contributed by atoms with Gasteiger partial charge in [0.1, 0.15) is 12.3 Å². The molecule has 0 bridgehead atoms. The zero-order valence-electron chi connectivity index (χ0n) is 16.3. The molecule has 0 atom stereocenters. The predicted molar refractivity (Wildman–Crippen MR) is 116 cm³/mol. The van der Waals surface area contributed by atoms with Crippen molar-refractivity contribution in [3.63, 3.8) is 0 Å². The molecule has 30 heavy (non-hydrogen) atoms. The van der Waals surface area contributed by atoms with Crippen molar-refractivity contribution in [3.05, 3.63) is 69.1 Å². The normalized spacial score (nSPS) is 17.5. The minimum Gasteiger partial charge on any atom is -0.496 e. The maximum atomic E-state index is 12.8. The van der Waals surface area contributed by atoms with Crippen LogP contribution >= 0.6 is 23.4 Å². The number of fused-ring (bicyclic) bond motifs is 1. The average Bonchev–Trinajstić information content (AvgIpc) is 3.01. The Balaban J connectivity index is 1.49. The molecule has 2 aliphatic rings. The Labute approximate surface area is 183 Å². The first-order valence-corrected chi connectivity index (χ1v) is 10.6. The Morgan fingerprint density at radius 1 is 1.20 bits per heavy atom. The molecule has 0 aromatic heterocycles. The molecule has 1 saturated heterocycles. The molecule has 2 aliphatic heterocycles. The van der Waals surface area contributed by atoms with Crippen molar-refractivity contribution >= 4 is 46.5 Å². The third-order valence-corrected chi connectivity index (χ3v) is 6.27. The van der Waals surface area contributed by atoms with Crippen molar-refractivity contribution in [1.29, 1.82) is 0 Å². The zero-order chi connectivity index (χ0) is 21.3. The summed E-state index contributed by atoms with van der Waals surface area (Å²) in [7, 11) is 1.52. The van der Waals surface area contributed by atoms with Gasteiger partial charge in [-0.05, 0) is 53.6 Å². The van der Waals surface area contributed by atoms with Crippen LogP contribution in [0, 0.1) is 0 Å². The zero-order valence-corrected chi connectivity index (χ0v) is 17.8. The lowest BCUT2D eigenvalue weighted by Gasteiger charge is -2.29. The minimum atomic E-state index is -0.488. The fourth-order valence-corrected chi connectivity index (χ4v) is 4.55. The summed E-state index contributed by atoms with van der Waals surface area (Å²) in [6.45, 7) is 0.791. The number of carbonyl (C=O) groups excluding carboxylic acids is 3. The molecule has 8 heteroatoms. The van der Waals surface area contributed by atoms with E-state index in [1.54, 1.807) is 29.2 Å². The van der Waals surface area contributed by atoms with Crippen LogP contribution in [0.3, 0.4) is 0 Å². The van der Waals surface area contributed by atoms with Gasteiger partial charge >= 0.3 is 0 Å². The molecule has 0 radical (unpaired) electrons. The van der Waals surface area contributed by atoms with Gasteiger partial charge in [-0.3, -0.25) is 19.3 Å². The lowest BCUT2D eigenvalue weighted by Crippen LogP contribution is -2.44. The summed E-state index contributed by atoms with van der Waals surface area (Å²) < 4.78 is 5.29. The average molecular weight is 443 g/mol. The van der Waals surface area contributed by atoms with Crippen LogP contribution in [0.2, 0.25) is 5.02 Å². The Morgan fingerprint density at radius 3 is 2.73 bits per heavy atom. The molecular formula is C22H19ClN2O4S. The quantitative estimate of drug-likeness (QED) is 0.670. The van der Waals surface area contributed by atoms with E-state index in [0.717, 1.165) is 28.6 Å². The van der Waals surface area contributed by atoms with Gasteiger partial charge in [0.15, 0.2) is 0 Å². The number of thioether (sulfide) groups is 1. The SMILES string of the molecule is COc1ccc(Cl)cc1/C=C1\SC(=O)N(CC(=O)N2CCc3ccccc3C2)C1=O. The molecular weight excluding hydrogens is 424 g/mol. The molecule has 0 saturated carbocycles. The van der Waals surface area contributed by atoms with Crippen molar-refractivity contribution in [2.45, 2.75) is 13.0 Å². The van der Waals surface area contributed by atoms with E-state index in [9.17, 15) is 14.4 Å². The Hall–Kier alpha value is -2.77. The summed E-state index contributed by atoms with van der Waals surface area (Å²) >= 11 is 6.85. The number of methoxy groups -OCH3 is 1. The van der Waals surface area contributed by atoms with Crippen molar-refractivity contribution in [2.24, 2.45) is 0 Å². The number of rotatable bonds is 4. The largest absolute Gasteiger partial charge is 0.496 e. The topological polar surface area (TPSA) is 66.9 Å². The third kappa shape index (κ3) is 4.08. The Bertz CT molecular complexity index is 1070. The van der Waals surface area contributed by atoms with Crippen LogP contribution < -0.4 is 4.74 Å². The highest BCUT2D eigenvalue weighted by Gasteiger charge is 2.37. The van der Waals surface area contributed by atoms with Gasteiger partial charge in [0.2, 0.25) is 5.91 Å². The number of halogens is 1. The van der Waals surface area contributed by atoms with Gasteiger partial charge < -0.3 is 9.64 Å². The van der Waals surface area contributed by atoms with Crippen molar-refractivity contribution in [1.82, 2.24) is 9.80 Å². The molecule has 154 valence electrons. The van der Waals surface area contributed by atoms with Crippen molar-refractivity contribution < 1.29 is 19.1 Å². The lowest BCUT2D eigenvalue weighted by atomic mass is 10.00. The van der Waals surface area contributed by atoms with E-state index in [4.69, 9.17) is 16.3 Å². The minimum absolute atomic E-state index is 0.234. The second-order valence-corrected chi connectivity index (χ2v) is 8.42. The van der Waals surface area contributed by atoms with Crippen LogP contribution in [0.1, 0.15) is 16.7 Å². The first-order valence-electron chi connectivity index (χ1n) is 9.39. The number of nitrogens with zero attached hydrogens (tertiary/aromatic N) is 2. The van der Waals surface area contributed by atoms with Crippen molar-refractivity contribution in [2.75, 3.05) is 20.2 Å². The highest BCUT2D eigenvalue weighted by Crippen LogP contribution is 2.35. The lowest BCUT2D eigenvalue weighted by molar-refractivity contribution is -0.136. The predicted octanol–water partition coefficient (Wildman–Crippen LogP) is 3.97. The van der Waals surface area contributed by atoms with Crippen LogP contribution in [0.4, 0.5) is 4.79 Å². The number of hydrogen-bond donors (Lipinski definition) is 0. The van der Waals surface area contributed by atoms with Gasteiger partial charge in [0, 0.05) is 23.7 Å². The maximum Gasteiger partial charge on any atom is 0.294 e. The smallest absolute Gasteiger partial charge is 0.294 e. The van der Waals surface area contributed by atoms with E-state index < -0.39 is 11.1 Å². The summed E-state index contributed by atoms with van der Waals surface area (Å²) in [5.74, 6) is -0.194. The van der Waals surface area contributed by atoms with Crippen LogP contribution in [-0.4, -0.2) is 47.1 Å². The van der Waals surface area contributed by atoms with Gasteiger partial charge in [-0.1, -0.05) is 35.9 Å². The highest BCUT2D eigenvalue weighted by molar-refractivity contribution is 8.18. The number of carbonyl (C=O) groups is 3. The van der Waals surface area contributed by atoms with E-state index in [0.29, 0.717) is 29.4 Å². The second-order valence-electron chi connectivity index (χ2n) is 6.99. The second kappa shape index (κ2) is 8.53. The fraction of sp³-hybridized carbons (Fsp3) is 0.227. The summed E-state index contributed by atoms with van der Waals surface area (Å²) in [5.41, 5.74) is 2.92. The van der Waals surface area contributed by atoms with E-state index in [-0.39, 0.29) is 17.4 Å². The molecule has 2 aromatic rings. The van der Waals surface area contributed by atoms with Crippen LogP contribution in [0.15, 0.2) is 47.4 Å². The number of benzene rings is 2. The standard InChI is InChI=1S/C22H19ClN2O4S/c1-29-18-7-6-17(23)10-16(18)11-19-21(27)25(22(28)30-19)13-20(26)24-9-8-14-4-2-3-5-15(14)12-24/h2-7,10-11H,8-9,12-13H2,1H3/b19-11-. The molecule has 4 rings (SSSR count). The molecule has 0 N–H and O–H groups in total. The number of ether oxygens (including phenoxy) is 1. The first-order chi connectivity index (χ1) is 14.5. The van der Waals surface area contributed by atoms with Crippen LogP contribution in [0.25, 0.3) is 6.08 Å². The van der Waals surface area contributed by atoms with Gasteiger partial charge in [-0.25, -0.2) is 0 Å². The van der Waals surface area contributed by atoms with E-state index in [1.807, 2.05) is 18.2 Å². The molecule has 2 heterocycles. The molecule has 3 amide bonds. The Kier molecular flexibility index (Phi) is 5.83. The molecule has 0 spiro atoms. The molecule has 0 unspecified atom stereocenters. The number of hydrogen-bond acceptors (Lipinski definition) is 5. The summed E-state index contributed by atoms with van der Waals surface area (Å²) in [6, 6.07) is 13.0. The van der Waals surface area contributed by atoms with Gasteiger partial charge in [0.25, 0.3) is 11.1 Å². The van der Waals surface area contributed by atoms with E-state index >= 15 is 0 Å². The van der Waals surface area contributed by atoms with Crippen molar-refractivity contribution in [3.8, 4) is 5.75 Å². The molecule has 1 fully saturated rings. The third-order valence-electron chi connectivity index (χ3n) is 5.13. The van der Waals surface area contributed by atoms with E-state index in [1.165, 1.54) is 12.7 Å². The van der Waals surface area contributed by atoms with Gasteiger partial charge in [0.05, 0.1) is 12.0 Å². The molecule has 0 aliphatic carbocycles. The van der Waals surface area contributed by atoms with E-state index in [2.05, 4.69) is 6.07 Å². The number of imide groups is 1. The van der Waals surface area contributed by atoms with Crippen LogP contribution in [0.5, 0.6) is 5.75 Å². The molecule has 2 aromatic carbocycles. The highest BCUT2D eigenvalue weighted by atomic mass is 35.5. The van der Waals surface area contributed by atoms with Gasteiger partial charge in [-0.2, -0.15) is 0 Å². The van der Waals surface area contributed by atoms with Crippen LogP contribution in [-0.2, 0) is 22.6 Å². The summed E-state index contributed by atoms with van der Waals surface area (Å²) in [4.78, 5) is 40.9. The summed E-state index contributed by atoms with van der Waals surface area (Å²) in [6.07, 6.45) is 2.33. The first kappa shape index (κ1) is 20.5. The summed E-state index contributed by atoms with van der Waals surface area (Å²) in [5, 5.41) is 0.0276. The Morgan fingerprint density at radius 2 is 1.97 bits per heavy atom. The monoisotopic (exact) mass is 442 g/mol. The molecule has 6 nitrogen and oxygen atoms in total. The van der Waals surface area contributed by atoms with Gasteiger partial charge in [-0.15, -0.1) is 0 Å². The number of amides is 3.